The number of nitriles is 1. The predicted octanol–water partition coefficient (Wildman–Crippen LogP) is 4.29. The Morgan fingerprint density at radius 3 is 2.78 bits per heavy atom. The normalized spacial score (nSPS) is 16.8. The number of pyridine rings is 2. The van der Waals surface area contributed by atoms with E-state index in [-0.39, 0.29) is 5.24 Å². The van der Waals surface area contributed by atoms with Gasteiger partial charge in [-0.3, -0.25) is 24.9 Å². The second-order valence-electron chi connectivity index (χ2n) is 9.95. The van der Waals surface area contributed by atoms with Crippen LogP contribution in [0.4, 0.5) is 10.7 Å². The van der Waals surface area contributed by atoms with Crippen molar-refractivity contribution in [3.05, 3.63) is 82.9 Å². The van der Waals surface area contributed by atoms with Gasteiger partial charge in [-0.25, -0.2) is 9.97 Å². The zero-order valence-electron chi connectivity index (χ0n) is 22.1. The van der Waals surface area contributed by atoms with Crippen LogP contribution in [0, 0.1) is 17.2 Å². The van der Waals surface area contributed by atoms with Gasteiger partial charge < -0.3 is 10.2 Å². The van der Waals surface area contributed by atoms with Gasteiger partial charge in [-0.1, -0.05) is 24.3 Å². The van der Waals surface area contributed by atoms with Gasteiger partial charge in [-0.15, -0.1) is 0 Å². The molecule has 204 valence electrons. The van der Waals surface area contributed by atoms with Crippen LogP contribution in [-0.4, -0.2) is 50.7 Å². The molecular weight excluding hydrogens is 536 g/mol. The number of piperidine rings is 1. The fourth-order valence-electron chi connectivity index (χ4n) is 5.12. The molecule has 11 heteroatoms. The van der Waals surface area contributed by atoms with Crippen molar-refractivity contribution >= 4 is 45.7 Å². The first-order valence-electron chi connectivity index (χ1n) is 13.3. The van der Waals surface area contributed by atoms with Gasteiger partial charge in [-0.05, 0) is 66.2 Å². The standard InChI is InChI=1S/C30H26N8O2S/c31-13-22-11-20(16-35-27(22)25-18-33-17-21-3-1-2-4-24(21)25)15-32-14-19-6-9-38(10-7-19)29-34-8-5-23(36-29)12-26-28(39)37-30(40)41-26/h1-5,8,11-12,16-19,32H,6-7,9-10,14-15H2,(H,37,39,40). The third-order valence-electron chi connectivity index (χ3n) is 7.23. The molecule has 2 N–H and O–H groups in total. The Morgan fingerprint density at radius 2 is 1.98 bits per heavy atom. The summed E-state index contributed by atoms with van der Waals surface area (Å²) in [6, 6.07) is 13.9. The largest absolute Gasteiger partial charge is 0.341 e. The number of hydrogen-bond acceptors (Lipinski definition) is 10. The Morgan fingerprint density at radius 1 is 1.12 bits per heavy atom. The van der Waals surface area contributed by atoms with Crippen molar-refractivity contribution in [3.8, 4) is 17.3 Å². The Balaban J connectivity index is 1.03. The number of rotatable bonds is 7. The van der Waals surface area contributed by atoms with Crippen LogP contribution in [0.25, 0.3) is 28.1 Å². The van der Waals surface area contributed by atoms with Gasteiger partial charge in [0.2, 0.25) is 5.95 Å². The summed E-state index contributed by atoms with van der Waals surface area (Å²) >= 11 is 0.876. The third-order valence-corrected chi connectivity index (χ3v) is 8.04. The number of nitrogens with zero attached hydrogens (tertiary/aromatic N) is 6. The zero-order chi connectivity index (χ0) is 28.2. The van der Waals surface area contributed by atoms with Gasteiger partial charge in [0.05, 0.1) is 21.9 Å². The molecule has 5 heterocycles. The number of thioether (sulfide) groups is 1. The average molecular weight is 563 g/mol. The number of fused-ring (bicyclic) bond motifs is 1. The van der Waals surface area contributed by atoms with Crippen molar-refractivity contribution in [2.75, 3.05) is 24.5 Å². The molecule has 2 aliphatic heterocycles. The van der Waals surface area contributed by atoms with E-state index in [2.05, 4.69) is 41.5 Å². The number of benzene rings is 1. The van der Waals surface area contributed by atoms with E-state index < -0.39 is 5.91 Å². The SMILES string of the molecule is N#Cc1cc(CNCC2CCN(c3nccc(C=C4SC(=O)NC4=O)n3)CC2)cnc1-c1cncc2ccccc12. The lowest BCUT2D eigenvalue weighted by Gasteiger charge is -2.32. The number of amides is 2. The van der Waals surface area contributed by atoms with Crippen molar-refractivity contribution < 1.29 is 9.59 Å². The van der Waals surface area contributed by atoms with Crippen molar-refractivity contribution in [1.82, 2.24) is 30.6 Å². The van der Waals surface area contributed by atoms with E-state index in [0.717, 1.165) is 66.1 Å². The lowest BCUT2D eigenvalue weighted by Crippen LogP contribution is -2.38. The second-order valence-corrected chi connectivity index (χ2v) is 11.0. The second kappa shape index (κ2) is 11.8. The molecule has 0 bridgehead atoms. The van der Waals surface area contributed by atoms with Gasteiger partial charge in [0.15, 0.2) is 0 Å². The first kappa shape index (κ1) is 26.6. The Hall–Kier alpha value is -4.66. The molecule has 2 aliphatic rings. The molecule has 2 amide bonds. The lowest BCUT2D eigenvalue weighted by molar-refractivity contribution is -0.115. The molecule has 3 aromatic heterocycles. The lowest BCUT2D eigenvalue weighted by atomic mass is 9.97. The summed E-state index contributed by atoms with van der Waals surface area (Å²) in [4.78, 5) is 43.7. The van der Waals surface area contributed by atoms with Crippen molar-refractivity contribution in [2.45, 2.75) is 19.4 Å². The van der Waals surface area contributed by atoms with Crippen molar-refractivity contribution in [3.63, 3.8) is 0 Å². The van der Waals surface area contributed by atoms with E-state index in [1.54, 1.807) is 24.5 Å². The van der Waals surface area contributed by atoms with E-state index in [4.69, 9.17) is 0 Å². The number of nitrogens with one attached hydrogen (secondary N) is 2. The molecule has 1 aromatic carbocycles. The maximum absolute atomic E-state index is 11.8. The van der Waals surface area contributed by atoms with Crippen LogP contribution in [0.15, 0.2) is 66.1 Å². The van der Waals surface area contributed by atoms with E-state index in [0.29, 0.717) is 40.3 Å². The fraction of sp³-hybridized carbons (Fsp3) is 0.233. The summed E-state index contributed by atoms with van der Waals surface area (Å²) in [7, 11) is 0. The number of aromatic nitrogens is 4. The number of hydrogen-bond donors (Lipinski definition) is 2. The number of imide groups is 1. The molecular formula is C30H26N8O2S. The molecule has 6 rings (SSSR count). The Kier molecular flexibility index (Phi) is 7.67. The topological polar surface area (TPSA) is 137 Å². The Labute approximate surface area is 240 Å². The highest BCUT2D eigenvalue weighted by atomic mass is 32.2. The molecule has 0 spiro atoms. The van der Waals surface area contributed by atoms with E-state index in [9.17, 15) is 14.9 Å². The first-order chi connectivity index (χ1) is 20.1. The number of anilines is 1. The minimum absolute atomic E-state index is 0.335. The Bertz CT molecular complexity index is 1700. The summed E-state index contributed by atoms with van der Waals surface area (Å²) in [6.45, 7) is 3.14. The van der Waals surface area contributed by atoms with Gasteiger partial charge in [0.25, 0.3) is 11.1 Å². The highest BCUT2D eigenvalue weighted by Crippen LogP contribution is 2.29. The molecule has 4 aromatic rings. The third kappa shape index (κ3) is 5.94. The first-order valence-corrected chi connectivity index (χ1v) is 14.1. The van der Waals surface area contributed by atoms with Crippen molar-refractivity contribution in [2.24, 2.45) is 5.92 Å². The van der Waals surface area contributed by atoms with Crippen LogP contribution in [0.3, 0.4) is 0 Å². The minimum Gasteiger partial charge on any atom is -0.341 e. The van der Waals surface area contributed by atoms with Gasteiger partial charge >= 0.3 is 0 Å². The molecule has 41 heavy (non-hydrogen) atoms. The summed E-state index contributed by atoms with van der Waals surface area (Å²) in [5, 5.41) is 17.3. The van der Waals surface area contributed by atoms with Crippen LogP contribution in [0.2, 0.25) is 0 Å². The fourth-order valence-corrected chi connectivity index (χ4v) is 5.78. The van der Waals surface area contributed by atoms with Crippen LogP contribution >= 0.6 is 11.8 Å². The predicted molar refractivity (Wildman–Crippen MR) is 157 cm³/mol. The molecule has 2 fully saturated rings. The molecule has 2 saturated heterocycles. The molecule has 0 saturated carbocycles. The van der Waals surface area contributed by atoms with E-state index >= 15 is 0 Å². The number of carbonyl (C=O) groups is 2. The monoisotopic (exact) mass is 562 g/mol. The number of carbonyl (C=O) groups excluding carboxylic acids is 2. The highest BCUT2D eigenvalue weighted by molar-refractivity contribution is 8.18. The maximum Gasteiger partial charge on any atom is 0.290 e. The van der Waals surface area contributed by atoms with Crippen LogP contribution in [-0.2, 0) is 11.3 Å². The highest BCUT2D eigenvalue weighted by Gasteiger charge is 2.26. The molecule has 0 aliphatic carbocycles. The summed E-state index contributed by atoms with van der Waals surface area (Å²) < 4.78 is 0. The van der Waals surface area contributed by atoms with Crippen LogP contribution in [0.5, 0.6) is 0 Å². The molecule has 0 atom stereocenters. The van der Waals surface area contributed by atoms with Crippen LogP contribution < -0.4 is 15.5 Å². The van der Waals surface area contributed by atoms with E-state index in [1.807, 2.05) is 42.7 Å². The summed E-state index contributed by atoms with van der Waals surface area (Å²) in [6.07, 6.45) is 10.7. The quantitative estimate of drug-likeness (QED) is 0.314. The molecule has 0 unspecified atom stereocenters. The average Bonchev–Trinajstić information content (AvgIpc) is 3.33. The summed E-state index contributed by atoms with van der Waals surface area (Å²) in [5.41, 5.74) is 3.60. The van der Waals surface area contributed by atoms with Crippen molar-refractivity contribution in [1.29, 1.82) is 5.26 Å². The van der Waals surface area contributed by atoms with Gasteiger partial charge in [0, 0.05) is 55.4 Å². The molecule has 10 nitrogen and oxygen atoms in total. The van der Waals surface area contributed by atoms with Gasteiger partial charge in [0.1, 0.15) is 6.07 Å². The zero-order valence-corrected chi connectivity index (χ0v) is 22.9. The molecule has 0 radical (unpaired) electrons. The minimum atomic E-state index is -0.397. The summed E-state index contributed by atoms with van der Waals surface area (Å²) in [5.74, 6) is 0.730. The van der Waals surface area contributed by atoms with Crippen LogP contribution in [0.1, 0.15) is 29.7 Å². The van der Waals surface area contributed by atoms with E-state index in [1.165, 1.54) is 0 Å². The van der Waals surface area contributed by atoms with Gasteiger partial charge in [-0.2, -0.15) is 5.26 Å². The maximum atomic E-state index is 11.8. The smallest absolute Gasteiger partial charge is 0.290 e.